The number of ether oxygens (including phenoxy) is 2. The fourth-order valence-electron chi connectivity index (χ4n) is 3.64. The van der Waals surface area contributed by atoms with E-state index in [0.29, 0.717) is 0 Å². The summed E-state index contributed by atoms with van der Waals surface area (Å²) in [5, 5.41) is 0. The molecule has 0 bridgehead atoms. The third-order valence-corrected chi connectivity index (χ3v) is 5.63. The van der Waals surface area contributed by atoms with E-state index >= 15 is 0 Å². The maximum atomic E-state index is 11.8. The van der Waals surface area contributed by atoms with Gasteiger partial charge in [0.2, 0.25) is 0 Å². The molecular weight excluding hydrogens is 484 g/mol. The summed E-state index contributed by atoms with van der Waals surface area (Å²) in [5.41, 5.74) is 4.76. The SMILES string of the molecule is C=Cc1ccc(C)cc1.CCC(c1ccc(C)cc1)C1C(=O)OC(=O)C1C.O=C1C=CC(=O)O1.[B].[NH]=[Al]. The molecule has 4 rings (SSSR count). The molecule has 190 valence electrons. The van der Waals surface area contributed by atoms with E-state index in [2.05, 4.69) is 42.5 Å². The van der Waals surface area contributed by atoms with Crippen LogP contribution in [0.2, 0.25) is 0 Å². The number of hydrogen-bond acceptors (Lipinski definition) is 7. The third kappa shape index (κ3) is 10.6. The van der Waals surface area contributed by atoms with Crippen molar-refractivity contribution in [1.82, 2.24) is 0 Å². The molecule has 37 heavy (non-hydrogen) atoms. The summed E-state index contributed by atoms with van der Waals surface area (Å²) < 4.78 is 14.4. The predicted octanol–water partition coefficient (Wildman–Crippen LogP) is 4.62. The second kappa shape index (κ2) is 17.1. The molecular formula is C28H31AlBNO6. The molecule has 1 saturated heterocycles. The first kappa shape index (κ1) is 33.6. The standard InChI is InChI=1S/C15H18O3.C9H10.C4H2O3.Al.B.HN/c1-4-12(11-7-5-9(2)6-8-11)13-10(3)14(16)18-15(13)17;1-3-9-6-4-8(2)5-7-9;5-3-1-2-4(6)7-3;;;/h5-8,10,12-13H,4H2,1-3H3;3-7H,1H2,2H3;1-2H;;;1H. The number of esters is 4. The van der Waals surface area contributed by atoms with Crippen LogP contribution in [0.15, 0.2) is 67.3 Å². The van der Waals surface area contributed by atoms with Gasteiger partial charge in [0.1, 0.15) is 0 Å². The van der Waals surface area contributed by atoms with Crippen LogP contribution in [-0.2, 0) is 28.7 Å². The zero-order chi connectivity index (χ0) is 27.3. The van der Waals surface area contributed by atoms with E-state index in [4.69, 9.17) is 9.08 Å². The van der Waals surface area contributed by atoms with E-state index in [1.807, 2.05) is 44.2 Å². The van der Waals surface area contributed by atoms with Crippen molar-refractivity contribution in [2.75, 3.05) is 0 Å². The number of rotatable bonds is 4. The Morgan fingerprint density at radius 1 is 0.865 bits per heavy atom. The number of nitrogens with one attached hydrogen (secondary N) is 1. The summed E-state index contributed by atoms with van der Waals surface area (Å²) in [6, 6.07) is 16.4. The van der Waals surface area contributed by atoms with E-state index in [1.54, 1.807) is 23.0 Å². The van der Waals surface area contributed by atoms with Gasteiger partial charge in [-0.15, -0.1) is 0 Å². The Hall–Kier alpha value is -3.40. The van der Waals surface area contributed by atoms with E-state index in [1.165, 1.54) is 16.7 Å². The molecule has 9 heteroatoms. The number of benzene rings is 2. The monoisotopic (exact) mass is 515 g/mol. The number of cyclic esters (lactones) is 4. The Bertz CT molecular complexity index is 1080. The number of carbonyl (C=O) groups is 4. The third-order valence-electron chi connectivity index (χ3n) is 5.63. The Balaban J connectivity index is 0.000000570. The van der Waals surface area contributed by atoms with Gasteiger partial charge in [-0.05, 0) is 37.3 Å². The fourth-order valence-corrected chi connectivity index (χ4v) is 3.64. The summed E-state index contributed by atoms with van der Waals surface area (Å²) in [6.45, 7) is 11.6. The molecule has 3 unspecified atom stereocenters. The van der Waals surface area contributed by atoms with Crippen LogP contribution in [0.1, 0.15) is 48.4 Å². The van der Waals surface area contributed by atoms with Gasteiger partial charge in [-0.25, -0.2) is 9.59 Å². The zero-order valence-electron chi connectivity index (χ0n) is 21.6. The molecule has 0 aliphatic carbocycles. The molecule has 7 nitrogen and oxygen atoms in total. The summed E-state index contributed by atoms with van der Waals surface area (Å²) in [4.78, 5) is 43.1. The predicted molar refractivity (Wildman–Crippen MR) is 144 cm³/mol. The first-order valence-electron chi connectivity index (χ1n) is 11.4. The second-order valence-electron chi connectivity index (χ2n) is 8.17. The average Bonchev–Trinajstić information content (AvgIpc) is 3.38. The molecule has 0 spiro atoms. The summed E-state index contributed by atoms with van der Waals surface area (Å²) in [7, 11) is 0. The van der Waals surface area contributed by atoms with Gasteiger partial charge in [-0.1, -0.05) is 86.2 Å². The van der Waals surface area contributed by atoms with Crippen molar-refractivity contribution in [1.29, 1.82) is 4.35 Å². The van der Waals surface area contributed by atoms with E-state index < -0.39 is 17.9 Å². The summed E-state index contributed by atoms with van der Waals surface area (Å²) in [5.74, 6) is -2.56. The van der Waals surface area contributed by atoms with Crippen LogP contribution in [0.5, 0.6) is 0 Å². The van der Waals surface area contributed by atoms with Crippen molar-refractivity contribution in [3.63, 3.8) is 0 Å². The minimum atomic E-state index is -0.579. The zero-order valence-corrected chi connectivity index (χ0v) is 22.8. The molecule has 0 aromatic heterocycles. The average molecular weight is 515 g/mol. The number of carbonyl (C=O) groups excluding carboxylic acids is 4. The van der Waals surface area contributed by atoms with Crippen molar-refractivity contribution < 1.29 is 28.7 Å². The van der Waals surface area contributed by atoms with E-state index in [-0.39, 0.29) is 32.1 Å². The molecule has 2 aliphatic heterocycles. The van der Waals surface area contributed by atoms with Crippen LogP contribution < -0.4 is 0 Å². The van der Waals surface area contributed by atoms with Gasteiger partial charge in [-0.2, -0.15) is 0 Å². The topological polar surface area (TPSA) is 111 Å². The van der Waals surface area contributed by atoms with Gasteiger partial charge in [0.15, 0.2) is 0 Å². The fraction of sp³-hybridized carbons (Fsp3) is 0.286. The van der Waals surface area contributed by atoms with Gasteiger partial charge in [0.05, 0.1) is 11.8 Å². The van der Waals surface area contributed by atoms with Crippen molar-refractivity contribution in [2.24, 2.45) is 11.8 Å². The van der Waals surface area contributed by atoms with Gasteiger partial charge in [0.25, 0.3) is 0 Å². The molecule has 1 fully saturated rings. The van der Waals surface area contributed by atoms with Crippen molar-refractivity contribution in [2.45, 2.75) is 40.0 Å². The Kier molecular flexibility index (Phi) is 15.5. The number of hydrogen-bond donors (Lipinski definition) is 1. The van der Waals surface area contributed by atoms with E-state index in [0.717, 1.165) is 24.1 Å². The van der Waals surface area contributed by atoms with Crippen molar-refractivity contribution in [3.05, 3.63) is 89.5 Å². The van der Waals surface area contributed by atoms with Crippen LogP contribution in [0, 0.1) is 30.0 Å². The maximum absolute atomic E-state index is 11.8. The molecule has 4 radical (unpaired) electrons. The molecule has 2 aliphatic rings. The van der Waals surface area contributed by atoms with Crippen LogP contribution >= 0.6 is 0 Å². The minimum absolute atomic E-state index is 0. The first-order chi connectivity index (χ1) is 17.2. The summed E-state index contributed by atoms with van der Waals surface area (Å²) >= 11 is 1.67. The molecule has 2 aromatic rings. The van der Waals surface area contributed by atoms with Gasteiger partial charge in [-0.3, -0.25) is 9.59 Å². The van der Waals surface area contributed by atoms with Gasteiger partial charge < -0.3 is 9.47 Å². The Labute approximate surface area is 228 Å². The van der Waals surface area contributed by atoms with Crippen molar-refractivity contribution in [3.8, 4) is 0 Å². The molecule has 0 amide bonds. The van der Waals surface area contributed by atoms with Crippen LogP contribution in [0.25, 0.3) is 6.08 Å². The normalized spacial score (nSPS) is 17.8. The Morgan fingerprint density at radius 2 is 1.32 bits per heavy atom. The summed E-state index contributed by atoms with van der Waals surface area (Å²) in [6.07, 6.45) is 4.84. The molecule has 2 heterocycles. The van der Waals surface area contributed by atoms with E-state index in [9.17, 15) is 19.2 Å². The molecule has 0 saturated carbocycles. The van der Waals surface area contributed by atoms with Crippen LogP contribution in [-0.4, -0.2) is 48.4 Å². The Morgan fingerprint density at radius 3 is 1.65 bits per heavy atom. The number of aryl methyl sites for hydroxylation is 2. The van der Waals surface area contributed by atoms with Crippen molar-refractivity contribution >= 4 is 54.5 Å². The second-order valence-corrected chi connectivity index (χ2v) is 8.17. The first-order valence-corrected chi connectivity index (χ1v) is 12.0. The van der Waals surface area contributed by atoms with Gasteiger partial charge >= 0.3 is 44.3 Å². The molecule has 3 atom stereocenters. The quantitative estimate of drug-likeness (QED) is 0.361. The van der Waals surface area contributed by atoms with Crippen LogP contribution in [0.4, 0.5) is 0 Å². The van der Waals surface area contributed by atoms with Crippen LogP contribution in [0.3, 0.4) is 0 Å². The molecule has 2 aromatic carbocycles. The van der Waals surface area contributed by atoms with Gasteiger partial charge in [0, 0.05) is 20.6 Å². The molecule has 1 N–H and O–H groups in total.